The van der Waals surface area contributed by atoms with Crippen LogP contribution < -0.4 is 5.32 Å². The van der Waals surface area contributed by atoms with Crippen molar-refractivity contribution in [2.75, 3.05) is 18.4 Å². The largest absolute Gasteiger partial charge is 0.369 e. The van der Waals surface area contributed by atoms with E-state index in [2.05, 4.69) is 10.3 Å². The van der Waals surface area contributed by atoms with Crippen LogP contribution in [0.3, 0.4) is 0 Å². The summed E-state index contributed by atoms with van der Waals surface area (Å²) in [5.74, 6) is 0.530. The van der Waals surface area contributed by atoms with Gasteiger partial charge in [-0.15, -0.1) is 0 Å². The monoisotopic (exact) mass is 317 g/mol. The molecule has 0 amide bonds. The van der Waals surface area contributed by atoms with E-state index in [1.807, 2.05) is 13.8 Å². The molecule has 0 radical (unpaired) electrons. The second kappa shape index (κ2) is 6.28. The van der Waals surface area contributed by atoms with E-state index < -0.39 is 10.0 Å². The first-order valence-electron chi connectivity index (χ1n) is 6.92. The average Bonchev–Trinajstić information content (AvgIpc) is 3.22. The first-order valence-corrected chi connectivity index (χ1v) is 8.73. The molecule has 5 nitrogen and oxygen atoms in total. The lowest BCUT2D eigenvalue weighted by Gasteiger charge is -2.20. The van der Waals surface area contributed by atoms with E-state index in [9.17, 15) is 8.42 Å². The van der Waals surface area contributed by atoms with E-state index in [1.54, 1.807) is 0 Å². The van der Waals surface area contributed by atoms with Gasteiger partial charge in [0.15, 0.2) is 0 Å². The highest BCUT2D eigenvalue weighted by molar-refractivity contribution is 7.89. The number of rotatable bonds is 7. The van der Waals surface area contributed by atoms with Gasteiger partial charge in [-0.2, -0.15) is 4.31 Å². The Morgan fingerprint density at radius 3 is 2.65 bits per heavy atom. The van der Waals surface area contributed by atoms with Crippen molar-refractivity contribution >= 4 is 27.4 Å². The maximum Gasteiger partial charge on any atom is 0.244 e. The minimum absolute atomic E-state index is 0.140. The van der Waals surface area contributed by atoms with Crippen molar-refractivity contribution < 1.29 is 8.42 Å². The summed E-state index contributed by atoms with van der Waals surface area (Å²) >= 11 is 6.11. The van der Waals surface area contributed by atoms with Crippen LogP contribution in [-0.4, -0.2) is 36.8 Å². The fraction of sp³-hybridized carbons (Fsp3) is 0.615. The molecule has 1 aromatic rings. The van der Waals surface area contributed by atoms with Gasteiger partial charge in [0.1, 0.15) is 10.7 Å². The summed E-state index contributed by atoms with van der Waals surface area (Å²) in [7, 11) is -3.49. The quantitative estimate of drug-likeness (QED) is 0.840. The first-order chi connectivity index (χ1) is 9.50. The van der Waals surface area contributed by atoms with E-state index in [-0.39, 0.29) is 10.9 Å². The van der Waals surface area contributed by atoms with Crippen LogP contribution in [0.5, 0.6) is 0 Å². The average molecular weight is 318 g/mol. The number of hydrogen-bond acceptors (Lipinski definition) is 4. The van der Waals surface area contributed by atoms with Crippen molar-refractivity contribution in [2.24, 2.45) is 0 Å². The van der Waals surface area contributed by atoms with Crippen molar-refractivity contribution in [3.8, 4) is 0 Å². The van der Waals surface area contributed by atoms with E-state index >= 15 is 0 Å². The van der Waals surface area contributed by atoms with Crippen LogP contribution in [0.1, 0.15) is 33.1 Å². The molecule has 1 aliphatic carbocycles. The highest BCUT2D eigenvalue weighted by Gasteiger charge is 2.37. The zero-order chi connectivity index (χ0) is 14.8. The molecular formula is C13H20ClN3O2S. The van der Waals surface area contributed by atoms with Crippen molar-refractivity contribution in [2.45, 2.75) is 44.0 Å². The number of pyridine rings is 1. The topological polar surface area (TPSA) is 62.3 Å². The number of nitrogens with one attached hydrogen (secondary N) is 1. The van der Waals surface area contributed by atoms with Gasteiger partial charge in [-0.1, -0.05) is 25.4 Å². The summed E-state index contributed by atoms with van der Waals surface area (Å²) in [6.07, 6.45) is 4.20. The number of halogens is 1. The first kappa shape index (κ1) is 15.5. The fourth-order valence-electron chi connectivity index (χ4n) is 2.06. The van der Waals surface area contributed by atoms with Crippen molar-refractivity contribution in [3.63, 3.8) is 0 Å². The Morgan fingerprint density at radius 1 is 1.45 bits per heavy atom. The second-order valence-corrected chi connectivity index (χ2v) is 7.17. The summed E-state index contributed by atoms with van der Waals surface area (Å²) in [4.78, 5) is 4.29. The van der Waals surface area contributed by atoms with Crippen LogP contribution >= 0.6 is 11.6 Å². The van der Waals surface area contributed by atoms with Crippen molar-refractivity contribution in [1.29, 1.82) is 0 Å². The SMILES string of the molecule is CCCNc1ncc(S(=O)(=O)N(CC)C2CC2)cc1Cl. The normalized spacial score (nSPS) is 15.6. The molecule has 1 heterocycles. The van der Waals surface area contributed by atoms with Gasteiger partial charge in [0.25, 0.3) is 0 Å². The molecule has 0 spiro atoms. The highest BCUT2D eigenvalue weighted by Crippen LogP contribution is 2.32. The molecule has 0 aliphatic heterocycles. The summed E-state index contributed by atoms with van der Waals surface area (Å²) in [5.41, 5.74) is 0. The molecular weight excluding hydrogens is 298 g/mol. The smallest absolute Gasteiger partial charge is 0.244 e. The molecule has 1 fully saturated rings. The molecule has 0 atom stereocenters. The summed E-state index contributed by atoms with van der Waals surface area (Å²) in [6.45, 7) is 5.11. The molecule has 1 N–H and O–H groups in total. The van der Waals surface area contributed by atoms with E-state index in [4.69, 9.17) is 11.6 Å². The maximum atomic E-state index is 12.5. The highest BCUT2D eigenvalue weighted by atomic mass is 35.5. The lowest BCUT2D eigenvalue weighted by atomic mass is 10.4. The Morgan fingerprint density at radius 2 is 2.15 bits per heavy atom. The van der Waals surface area contributed by atoms with Crippen LogP contribution in [0.4, 0.5) is 5.82 Å². The number of aromatic nitrogens is 1. The van der Waals surface area contributed by atoms with Crippen LogP contribution in [0.15, 0.2) is 17.2 Å². The molecule has 0 aromatic carbocycles. The fourth-order valence-corrected chi connectivity index (χ4v) is 4.02. The van der Waals surface area contributed by atoms with Gasteiger partial charge >= 0.3 is 0 Å². The molecule has 1 aromatic heterocycles. The van der Waals surface area contributed by atoms with Gasteiger partial charge in [-0.25, -0.2) is 13.4 Å². The molecule has 1 saturated carbocycles. The number of nitrogens with zero attached hydrogens (tertiary/aromatic N) is 2. The number of sulfonamides is 1. The van der Waals surface area contributed by atoms with Crippen LogP contribution in [0.25, 0.3) is 0 Å². The lowest BCUT2D eigenvalue weighted by Crippen LogP contribution is -2.33. The molecule has 0 saturated heterocycles. The molecule has 112 valence electrons. The Hall–Kier alpha value is -0.850. The minimum Gasteiger partial charge on any atom is -0.369 e. The lowest BCUT2D eigenvalue weighted by molar-refractivity contribution is 0.421. The number of hydrogen-bond donors (Lipinski definition) is 1. The van der Waals surface area contributed by atoms with Crippen LogP contribution in [-0.2, 0) is 10.0 Å². The Labute approximate surface area is 125 Å². The third-order valence-electron chi connectivity index (χ3n) is 3.23. The molecule has 0 unspecified atom stereocenters. The van der Waals surface area contributed by atoms with Gasteiger partial charge in [-0.3, -0.25) is 0 Å². The zero-order valence-corrected chi connectivity index (χ0v) is 13.3. The Balaban J connectivity index is 2.25. The predicted molar refractivity (Wildman–Crippen MR) is 80.6 cm³/mol. The molecule has 7 heteroatoms. The molecule has 1 aliphatic rings. The van der Waals surface area contributed by atoms with Crippen LogP contribution in [0.2, 0.25) is 5.02 Å². The van der Waals surface area contributed by atoms with Gasteiger partial charge < -0.3 is 5.32 Å². The summed E-state index contributed by atoms with van der Waals surface area (Å²) in [6, 6.07) is 1.62. The Bertz CT molecular complexity index is 573. The maximum absolute atomic E-state index is 12.5. The van der Waals surface area contributed by atoms with Gasteiger partial charge in [0.2, 0.25) is 10.0 Å². The zero-order valence-electron chi connectivity index (χ0n) is 11.8. The second-order valence-electron chi connectivity index (χ2n) is 4.87. The number of anilines is 1. The van der Waals surface area contributed by atoms with E-state index in [0.717, 1.165) is 25.8 Å². The molecule has 20 heavy (non-hydrogen) atoms. The van der Waals surface area contributed by atoms with Gasteiger partial charge in [0, 0.05) is 25.3 Å². The molecule has 0 bridgehead atoms. The third-order valence-corrected chi connectivity index (χ3v) is 5.51. The third kappa shape index (κ3) is 3.24. The van der Waals surface area contributed by atoms with Crippen molar-refractivity contribution in [1.82, 2.24) is 9.29 Å². The summed E-state index contributed by atoms with van der Waals surface area (Å²) < 4.78 is 26.6. The minimum atomic E-state index is -3.49. The molecule has 2 rings (SSSR count). The standard InChI is InChI=1S/C13H20ClN3O2S/c1-3-7-15-13-12(14)8-11(9-16-13)20(18,19)17(4-2)10-5-6-10/h8-10H,3-7H2,1-2H3,(H,15,16). The van der Waals surface area contributed by atoms with E-state index in [1.165, 1.54) is 16.6 Å². The van der Waals surface area contributed by atoms with Crippen molar-refractivity contribution in [3.05, 3.63) is 17.3 Å². The predicted octanol–water partition coefficient (Wildman–Crippen LogP) is 2.73. The summed E-state index contributed by atoms with van der Waals surface area (Å²) in [5, 5.41) is 3.41. The Kier molecular flexibility index (Phi) is 4.88. The van der Waals surface area contributed by atoms with Gasteiger partial charge in [-0.05, 0) is 25.3 Å². The van der Waals surface area contributed by atoms with Crippen LogP contribution in [0, 0.1) is 0 Å². The van der Waals surface area contributed by atoms with E-state index in [0.29, 0.717) is 17.4 Å². The van der Waals surface area contributed by atoms with Gasteiger partial charge in [0.05, 0.1) is 5.02 Å².